The van der Waals surface area contributed by atoms with Crippen molar-refractivity contribution in [3.63, 3.8) is 0 Å². The number of rotatable bonds is 7. The molecule has 140 valence electrons. The summed E-state index contributed by atoms with van der Waals surface area (Å²) in [5, 5.41) is 0. The number of aryl methyl sites for hydroxylation is 2. The van der Waals surface area contributed by atoms with Gasteiger partial charge in [-0.15, -0.1) is 0 Å². The van der Waals surface area contributed by atoms with Gasteiger partial charge >= 0.3 is 0 Å². The van der Waals surface area contributed by atoms with Gasteiger partial charge in [0, 0.05) is 18.9 Å². The Morgan fingerprint density at radius 1 is 1.07 bits per heavy atom. The molecule has 0 spiro atoms. The molecule has 27 heavy (non-hydrogen) atoms. The van der Waals surface area contributed by atoms with Crippen LogP contribution in [0.4, 0.5) is 0 Å². The zero-order valence-electron chi connectivity index (χ0n) is 15.1. The maximum Gasteiger partial charge on any atom is 0.122 e. The zero-order chi connectivity index (χ0) is 18.5. The summed E-state index contributed by atoms with van der Waals surface area (Å²) in [6, 6.07) is 12.2. The van der Waals surface area contributed by atoms with Gasteiger partial charge in [0.1, 0.15) is 17.6 Å². The van der Waals surface area contributed by atoms with Gasteiger partial charge in [-0.25, -0.2) is 15.8 Å². The molecule has 1 aromatic carbocycles. The van der Waals surface area contributed by atoms with Crippen LogP contribution in [-0.2, 0) is 13.0 Å². The highest BCUT2D eigenvalue weighted by Gasteiger charge is 2.16. The first-order valence-corrected chi connectivity index (χ1v) is 9.03. The van der Waals surface area contributed by atoms with Crippen molar-refractivity contribution in [2.45, 2.75) is 26.1 Å². The molecule has 1 saturated heterocycles. The molecule has 1 aliphatic rings. The third-order valence-electron chi connectivity index (χ3n) is 4.42. The van der Waals surface area contributed by atoms with Crippen molar-refractivity contribution in [2.75, 3.05) is 6.61 Å². The predicted molar refractivity (Wildman–Crippen MR) is 102 cm³/mol. The molecule has 0 atom stereocenters. The minimum absolute atomic E-state index is 0.0242. The van der Waals surface area contributed by atoms with E-state index in [-0.39, 0.29) is 6.17 Å². The van der Waals surface area contributed by atoms with E-state index in [0.717, 1.165) is 35.7 Å². The highest BCUT2D eigenvalue weighted by molar-refractivity contribution is 5.54. The van der Waals surface area contributed by atoms with Gasteiger partial charge in [-0.2, -0.15) is 11.1 Å². The average molecular weight is 365 g/mol. The van der Waals surface area contributed by atoms with Crippen LogP contribution in [0.3, 0.4) is 0 Å². The second-order valence-corrected chi connectivity index (χ2v) is 6.23. The number of aromatic nitrogens is 3. The molecular formula is C19H23N7O. The first kappa shape index (κ1) is 17.6. The van der Waals surface area contributed by atoms with Crippen molar-refractivity contribution < 1.29 is 4.74 Å². The molecule has 8 heteroatoms. The maximum atomic E-state index is 5.70. The second kappa shape index (κ2) is 8.28. The highest BCUT2D eigenvalue weighted by Crippen LogP contribution is 2.21. The van der Waals surface area contributed by atoms with Crippen LogP contribution in [0.2, 0.25) is 0 Å². The fourth-order valence-corrected chi connectivity index (χ4v) is 3.06. The zero-order valence-corrected chi connectivity index (χ0v) is 15.1. The van der Waals surface area contributed by atoms with Crippen LogP contribution in [0.15, 0.2) is 55.1 Å². The van der Waals surface area contributed by atoms with E-state index in [4.69, 9.17) is 4.74 Å². The van der Waals surface area contributed by atoms with Crippen LogP contribution in [0.5, 0.6) is 5.75 Å². The molecule has 3 heterocycles. The Hall–Kier alpha value is -2.78. The van der Waals surface area contributed by atoms with Gasteiger partial charge in [0.05, 0.1) is 18.6 Å². The molecule has 0 aliphatic carbocycles. The second-order valence-electron chi connectivity index (χ2n) is 6.23. The van der Waals surface area contributed by atoms with Crippen LogP contribution in [0.25, 0.3) is 11.4 Å². The Labute approximate surface area is 157 Å². The Balaban J connectivity index is 1.45. The molecule has 0 saturated carbocycles. The molecule has 1 fully saturated rings. The molecule has 1 aliphatic heterocycles. The highest BCUT2D eigenvalue weighted by atomic mass is 16.5. The summed E-state index contributed by atoms with van der Waals surface area (Å²) >= 11 is 0. The van der Waals surface area contributed by atoms with Crippen LogP contribution < -0.4 is 26.7 Å². The Morgan fingerprint density at radius 2 is 1.93 bits per heavy atom. The lowest BCUT2D eigenvalue weighted by atomic mass is 10.1. The number of nitrogens with one attached hydrogen (secondary N) is 4. The summed E-state index contributed by atoms with van der Waals surface area (Å²) < 4.78 is 7.79. The molecule has 3 aromatic rings. The number of pyridine rings is 1. The third kappa shape index (κ3) is 4.15. The molecule has 0 amide bonds. The van der Waals surface area contributed by atoms with Crippen LogP contribution >= 0.6 is 0 Å². The molecular weight excluding hydrogens is 342 g/mol. The number of para-hydroxylation sites is 1. The number of hydrogen-bond donors (Lipinski definition) is 4. The average Bonchev–Trinajstić information content (AvgIpc) is 3.40. The Morgan fingerprint density at radius 3 is 2.78 bits per heavy atom. The summed E-state index contributed by atoms with van der Waals surface area (Å²) in [4.78, 5) is 8.98. The van der Waals surface area contributed by atoms with Crippen molar-refractivity contribution in [1.29, 1.82) is 0 Å². The number of benzene rings is 1. The van der Waals surface area contributed by atoms with Crippen molar-refractivity contribution in [3.8, 4) is 17.1 Å². The van der Waals surface area contributed by atoms with Gasteiger partial charge in [-0.05, 0) is 42.7 Å². The lowest BCUT2D eigenvalue weighted by Crippen LogP contribution is -2.33. The fourth-order valence-electron chi connectivity index (χ4n) is 3.06. The van der Waals surface area contributed by atoms with Crippen molar-refractivity contribution >= 4 is 0 Å². The number of ether oxygens (including phenoxy) is 1. The third-order valence-corrected chi connectivity index (χ3v) is 4.42. The molecule has 4 N–H and O–H groups in total. The monoisotopic (exact) mass is 365 g/mol. The van der Waals surface area contributed by atoms with E-state index in [1.165, 1.54) is 5.56 Å². The first-order chi connectivity index (χ1) is 13.3. The van der Waals surface area contributed by atoms with E-state index < -0.39 is 0 Å². The quantitative estimate of drug-likeness (QED) is 0.507. The minimum Gasteiger partial charge on any atom is -0.494 e. The smallest absolute Gasteiger partial charge is 0.122 e. The summed E-state index contributed by atoms with van der Waals surface area (Å²) in [7, 11) is 0. The Bertz CT molecular complexity index is 889. The number of nitrogens with zero attached hydrogens (tertiary/aromatic N) is 3. The summed E-state index contributed by atoms with van der Waals surface area (Å²) in [5.41, 5.74) is 15.8. The predicted octanol–water partition coefficient (Wildman–Crippen LogP) is 1.70. The SMILES string of the molecule is CCOc1ccccc1CCn1cnc(-c2cc(C3NNNN3)ccn2)c1. The van der Waals surface area contributed by atoms with E-state index in [1.54, 1.807) is 6.20 Å². The van der Waals surface area contributed by atoms with E-state index in [2.05, 4.69) is 42.5 Å². The summed E-state index contributed by atoms with van der Waals surface area (Å²) in [6.45, 7) is 3.50. The van der Waals surface area contributed by atoms with E-state index in [1.807, 2.05) is 49.8 Å². The minimum atomic E-state index is -0.0242. The lowest BCUT2D eigenvalue weighted by molar-refractivity contribution is 0.336. The first-order valence-electron chi connectivity index (χ1n) is 9.03. The molecule has 8 nitrogen and oxygen atoms in total. The molecule has 4 rings (SSSR count). The normalized spacial score (nSPS) is 14.6. The van der Waals surface area contributed by atoms with Gasteiger partial charge in [-0.1, -0.05) is 18.2 Å². The van der Waals surface area contributed by atoms with E-state index >= 15 is 0 Å². The van der Waals surface area contributed by atoms with Crippen LogP contribution in [0, 0.1) is 0 Å². The van der Waals surface area contributed by atoms with E-state index in [9.17, 15) is 0 Å². The van der Waals surface area contributed by atoms with Gasteiger partial charge in [0.25, 0.3) is 0 Å². The number of imidazole rings is 1. The summed E-state index contributed by atoms with van der Waals surface area (Å²) in [6.07, 6.45) is 6.53. The summed E-state index contributed by atoms with van der Waals surface area (Å²) in [5.74, 6) is 0.952. The van der Waals surface area contributed by atoms with Crippen molar-refractivity contribution in [3.05, 3.63) is 66.2 Å². The van der Waals surface area contributed by atoms with Gasteiger partial charge in [-0.3, -0.25) is 4.98 Å². The van der Waals surface area contributed by atoms with Gasteiger partial charge in [0.2, 0.25) is 0 Å². The van der Waals surface area contributed by atoms with Crippen LogP contribution in [0.1, 0.15) is 24.2 Å². The molecule has 0 bridgehead atoms. The number of hydrazine groups is 3. The van der Waals surface area contributed by atoms with E-state index in [0.29, 0.717) is 6.61 Å². The topological polar surface area (TPSA) is 88.1 Å². The molecule has 2 aromatic heterocycles. The van der Waals surface area contributed by atoms with Crippen molar-refractivity contribution in [1.82, 2.24) is 36.5 Å². The number of hydrogen-bond acceptors (Lipinski definition) is 7. The standard InChI is InChI=1S/C19H23N7O/c1-2-27-18-6-4-3-5-14(18)8-10-26-12-17(21-13-26)16-11-15(7-9-20-16)19-22-24-25-23-19/h3-7,9,11-13,19,22-25H,2,8,10H2,1H3. The largest absolute Gasteiger partial charge is 0.494 e. The Kier molecular flexibility index (Phi) is 5.40. The molecule has 0 radical (unpaired) electrons. The molecule has 0 unspecified atom stereocenters. The lowest BCUT2D eigenvalue weighted by Gasteiger charge is -2.10. The maximum absolute atomic E-state index is 5.70. The van der Waals surface area contributed by atoms with Crippen molar-refractivity contribution in [2.24, 2.45) is 0 Å². The van der Waals surface area contributed by atoms with Crippen LogP contribution in [-0.4, -0.2) is 21.1 Å². The van der Waals surface area contributed by atoms with Gasteiger partial charge in [0.15, 0.2) is 0 Å². The van der Waals surface area contributed by atoms with Gasteiger partial charge < -0.3 is 9.30 Å². The fraction of sp³-hybridized carbons (Fsp3) is 0.263.